The van der Waals surface area contributed by atoms with E-state index < -0.39 is 0 Å². The minimum absolute atomic E-state index is 0.160. The molecule has 0 bridgehead atoms. The van der Waals surface area contributed by atoms with Crippen molar-refractivity contribution in [2.75, 3.05) is 26.7 Å². The number of hydrogen-bond acceptors (Lipinski definition) is 7. The van der Waals surface area contributed by atoms with E-state index >= 15 is 0 Å². The van der Waals surface area contributed by atoms with Gasteiger partial charge in [-0.3, -0.25) is 9.69 Å². The van der Waals surface area contributed by atoms with Crippen molar-refractivity contribution >= 4 is 17.2 Å². The fourth-order valence-electron chi connectivity index (χ4n) is 4.04. The number of ether oxygens (including phenoxy) is 1. The molecule has 0 spiro atoms. The molecular weight excluding hydrogens is 424 g/mol. The average molecular weight is 455 g/mol. The Bertz CT molecular complexity index is 1030. The number of rotatable bonds is 8. The quantitative estimate of drug-likeness (QED) is 0.505. The highest BCUT2D eigenvalue weighted by molar-refractivity contribution is 7.12. The van der Waals surface area contributed by atoms with E-state index in [1.54, 1.807) is 0 Å². The molecule has 1 aromatic carbocycles. The number of nitrogens with zero attached hydrogens (tertiary/aromatic N) is 4. The maximum absolute atomic E-state index is 12.8. The van der Waals surface area contributed by atoms with Gasteiger partial charge in [0.25, 0.3) is 5.91 Å². The largest absolute Gasteiger partial charge is 0.493 e. The van der Waals surface area contributed by atoms with E-state index in [4.69, 9.17) is 9.37 Å². The van der Waals surface area contributed by atoms with Gasteiger partial charge in [0.1, 0.15) is 17.1 Å². The first kappa shape index (κ1) is 22.5. The molecule has 3 aromatic rings. The molecule has 0 aliphatic carbocycles. The first-order valence-electron chi connectivity index (χ1n) is 11.0. The summed E-state index contributed by atoms with van der Waals surface area (Å²) in [5.74, 6) is 1.39. The van der Waals surface area contributed by atoms with E-state index in [1.165, 1.54) is 16.9 Å². The van der Waals surface area contributed by atoms with Crippen molar-refractivity contribution in [2.24, 2.45) is 5.92 Å². The number of piperidine rings is 1. The molecule has 1 saturated heterocycles. The van der Waals surface area contributed by atoms with Crippen LogP contribution < -0.4 is 4.74 Å². The molecule has 1 aliphatic heterocycles. The molecule has 0 saturated carbocycles. The Kier molecular flexibility index (Phi) is 7.22. The highest BCUT2D eigenvalue weighted by Gasteiger charge is 2.26. The van der Waals surface area contributed by atoms with E-state index in [-0.39, 0.29) is 5.91 Å². The summed E-state index contributed by atoms with van der Waals surface area (Å²) in [6, 6.07) is 10.2. The molecule has 1 amide bonds. The van der Waals surface area contributed by atoms with Gasteiger partial charge in [-0.15, -0.1) is 11.3 Å². The highest BCUT2D eigenvalue weighted by Crippen LogP contribution is 2.24. The molecule has 4 rings (SSSR count). The summed E-state index contributed by atoms with van der Waals surface area (Å²) in [5, 5.41) is 9.76. The van der Waals surface area contributed by atoms with Crippen LogP contribution in [-0.4, -0.2) is 52.8 Å². The van der Waals surface area contributed by atoms with Gasteiger partial charge in [-0.25, -0.2) is 4.63 Å². The van der Waals surface area contributed by atoms with Gasteiger partial charge in [0.2, 0.25) is 0 Å². The van der Waals surface area contributed by atoms with Gasteiger partial charge in [-0.1, -0.05) is 22.4 Å². The van der Waals surface area contributed by atoms with Crippen LogP contribution in [0.1, 0.15) is 45.0 Å². The van der Waals surface area contributed by atoms with Crippen LogP contribution >= 0.6 is 11.3 Å². The standard InChI is InChI=1S/C24H30N4O3S/c1-17-10-12-32-23(17)24(29)28-11-4-5-20(14-28)16-30-21-8-6-19(7-9-21)13-27(3)15-22-18(2)25-31-26-22/h6-10,12,20H,4-5,11,13-16H2,1-3H3/t20-/m1/s1. The third-order valence-corrected chi connectivity index (χ3v) is 6.89. The number of thiophene rings is 1. The average Bonchev–Trinajstić information content (AvgIpc) is 3.40. The Labute approximate surface area is 192 Å². The van der Waals surface area contributed by atoms with E-state index in [9.17, 15) is 4.79 Å². The van der Waals surface area contributed by atoms with Crippen LogP contribution in [0.2, 0.25) is 0 Å². The van der Waals surface area contributed by atoms with Gasteiger partial charge < -0.3 is 9.64 Å². The van der Waals surface area contributed by atoms with Gasteiger partial charge in [0.15, 0.2) is 0 Å². The van der Waals surface area contributed by atoms with Crippen molar-refractivity contribution in [3.8, 4) is 5.75 Å². The molecule has 2 aromatic heterocycles. The topological polar surface area (TPSA) is 71.7 Å². The molecule has 1 atom stereocenters. The number of aromatic nitrogens is 2. The zero-order valence-electron chi connectivity index (χ0n) is 18.9. The summed E-state index contributed by atoms with van der Waals surface area (Å²) in [7, 11) is 2.05. The summed E-state index contributed by atoms with van der Waals surface area (Å²) >= 11 is 1.53. The minimum Gasteiger partial charge on any atom is -0.493 e. The molecule has 1 aliphatic rings. The predicted octanol–water partition coefficient (Wildman–Crippen LogP) is 4.31. The number of benzene rings is 1. The molecule has 0 N–H and O–H groups in total. The maximum atomic E-state index is 12.8. The number of aryl methyl sites for hydroxylation is 2. The smallest absolute Gasteiger partial charge is 0.264 e. The zero-order chi connectivity index (χ0) is 22.5. The van der Waals surface area contributed by atoms with Crippen LogP contribution in [0, 0.1) is 19.8 Å². The number of carbonyl (C=O) groups excluding carboxylic acids is 1. The van der Waals surface area contributed by atoms with Crippen molar-refractivity contribution in [2.45, 2.75) is 39.8 Å². The lowest BCUT2D eigenvalue weighted by atomic mass is 9.98. The molecule has 8 heteroatoms. The molecule has 0 radical (unpaired) electrons. The summed E-state index contributed by atoms with van der Waals surface area (Å²) in [5.41, 5.74) is 3.96. The van der Waals surface area contributed by atoms with E-state index in [0.717, 1.165) is 60.1 Å². The fraction of sp³-hybridized carbons (Fsp3) is 0.458. The van der Waals surface area contributed by atoms with Gasteiger partial charge >= 0.3 is 0 Å². The third-order valence-electron chi connectivity index (χ3n) is 5.89. The Hall–Kier alpha value is -2.71. The van der Waals surface area contributed by atoms with Crippen molar-refractivity contribution in [3.63, 3.8) is 0 Å². The molecule has 3 heterocycles. The van der Waals surface area contributed by atoms with Crippen LogP contribution in [0.15, 0.2) is 40.3 Å². The second kappa shape index (κ2) is 10.3. The number of carbonyl (C=O) groups is 1. The SMILES string of the molecule is Cc1ccsc1C(=O)N1CCC[C@@H](COc2ccc(CN(C)Cc3nonc3C)cc2)C1. The summed E-state index contributed by atoms with van der Waals surface area (Å²) in [6.07, 6.45) is 2.11. The van der Waals surface area contributed by atoms with Crippen LogP contribution in [0.5, 0.6) is 5.75 Å². The normalized spacial score (nSPS) is 16.5. The lowest BCUT2D eigenvalue weighted by Crippen LogP contribution is -2.41. The Morgan fingerprint density at radius 3 is 2.72 bits per heavy atom. The van der Waals surface area contributed by atoms with E-state index in [2.05, 4.69) is 27.3 Å². The Balaban J connectivity index is 1.25. The Morgan fingerprint density at radius 1 is 1.22 bits per heavy atom. The molecular formula is C24H30N4O3S. The third kappa shape index (κ3) is 5.55. The van der Waals surface area contributed by atoms with Gasteiger partial charge in [0, 0.05) is 32.1 Å². The molecule has 1 fully saturated rings. The summed E-state index contributed by atoms with van der Waals surface area (Å²) in [6.45, 7) is 7.61. The van der Waals surface area contributed by atoms with Crippen molar-refractivity contribution < 1.29 is 14.2 Å². The second-order valence-electron chi connectivity index (χ2n) is 8.62. The van der Waals surface area contributed by atoms with Crippen molar-refractivity contribution in [1.29, 1.82) is 0 Å². The van der Waals surface area contributed by atoms with Crippen molar-refractivity contribution in [3.05, 3.63) is 63.1 Å². The second-order valence-corrected chi connectivity index (χ2v) is 9.53. The summed E-state index contributed by atoms with van der Waals surface area (Å²) < 4.78 is 10.8. The molecule has 170 valence electrons. The van der Waals surface area contributed by atoms with E-state index in [1.807, 2.05) is 49.4 Å². The van der Waals surface area contributed by atoms with Crippen molar-refractivity contribution in [1.82, 2.24) is 20.1 Å². The van der Waals surface area contributed by atoms with Crippen LogP contribution in [-0.2, 0) is 13.1 Å². The van der Waals surface area contributed by atoms with E-state index in [0.29, 0.717) is 19.1 Å². The van der Waals surface area contributed by atoms with Crippen LogP contribution in [0.25, 0.3) is 0 Å². The zero-order valence-corrected chi connectivity index (χ0v) is 19.7. The lowest BCUT2D eigenvalue weighted by molar-refractivity contribution is 0.0637. The molecule has 0 unspecified atom stereocenters. The first-order valence-corrected chi connectivity index (χ1v) is 11.9. The lowest BCUT2D eigenvalue weighted by Gasteiger charge is -2.32. The predicted molar refractivity (Wildman–Crippen MR) is 124 cm³/mol. The van der Waals surface area contributed by atoms with Crippen LogP contribution in [0.4, 0.5) is 0 Å². The number of likely N-dealkylation sites (tertiary alicyclic amines) is 1. The maximum Gasteiger partial charge on any atom is 0.264 e. The molecule has 32 heavy (non-hydrogen) atoms. The Morgan fingerprint density at radius 2 is 2.03 bits per heavy atom. The number of amides is 1. The highest BCUT2D eigenvalue weighted by atomic mass is 32.1. The van der Waals surface area contributed by atoms with Gasteiger partial charge in [-0.05, 0) is 68.4 Å². The molecule has 7 nitrogen and oxygen atoms in total. The first-order chi connectivity index (χ1) is 15.5. The summed E-state index contributed by atoms with van der Waals surface area (Å²) in [4.78, 5) is 17.8. The van der Waals surface area contributed by atoms with Gasteiger partial charge in [-0.2, -0.15) is 0 Å². The number of hydrogen-bond donors (Lipinski definition) is 0. The van der Waals surface area contributed by atoms with Gasteiger partial charge in [0.05, 0.1) is 11.5 Å². The monoisotopic (exact) mass is 454 g/mol. The fourth-order valence-corrected chi connectivity index (χ4v) is 4.93. The minimum atomic E-state index is 0.160. The van der Waals surface area contributed by atoms with Crippen LogP contribution in [0.3, 0.4) is 0 Å².